The number of hydrogen-bond donors (Lipinski definition) is 0. The van der Waals surface area contributed by atoms with E-state index < -0.39 is 0 Å². The summed E-state index contributed by atoms with van der Waals surface area (Å²) in [7, 11) is 0. The van der Waals surface area contributed by atoms with Crippen LogP contribution in [0.1, 0.15) is 37.5 Å². The summed E-state index contributed by atoms with van der Waals surface area (Å²) in [4.78, 5) is 9.73. The third-order valence-electron chi connectivity index (χ3n) is 9.66. The maximum Gasteiger partial charge on any atom is 2.00 e. The van der Waals surface area contributed by atoms with Gasteiger partial charge in [-0.2, -0.15) is 6.07 Å². The SMILES string of the molecule is Cc1cccc(C)c1-c1cnc2c3[c-]c(Oc4[c-]c5c(cc4)c4ccccc4n5-c4ccccn4)ccc3c3c(C(C)(C)C)cccc3n12.[Pt+2]. The summed E-state index contributed by atoms with van der Waals surface area (Å²) in [6.45, 7) is 11.2. The minimum absolute atomic E-state index is 0. The van der Waals surface area contributed by atoms with Gasteiger partial charge < -0.3 is 13.7 Å². The van der Waals surface area contributed by atoms with E-state index >= 15 is 0 Å². The van der Waals surface area contributed by atoms with Crippen molar-refractivity contribution in [2.45, 2.75) is 40.0 Å². The number of ether oxygens (including phenoxy) is 1. The van der Waals surface area contributed by atoms with E-state index in [0.717, 1.165) is 55.3 Å². The minimum atomic E-state index is -0.0783. The maximum absolute atomic E-state index is 6.59. The first-order valence-corrected chi connectivity index (χ1v) is 16.7. The Morgan fingerprint density at radius 2 is 1.36 bits per heavy atom. The molecule has 5 nitrogen and oxygen atoms in total. The second kappa shape index (κ2) is 12.0. The van der Waals surface area contributed by atoms with Crippen LogP contribution in [0.15, 0.2) is 116 Å². The third kappa shape index (κ3) is 4.94. The van der Waals surface area contributed by atoms with Crippen LogP contribution in [0, 0.1) is 26.0 Å². The molecule has 4 aromatic heterocycles. The summed E-state index contributed by atoms with van der Waals surface area (Å²) in [5, 5.41) is 5.47. The number of para-hydroxylation sites is 1. The van der Waals surface area contributed by atoms with Gasteiger partial charge in [-0.1, -0.05) is 97.7 Å². The molecule has 9 aromatic rings. The van der Waals surface area contributed by atoms with E-state index in [1.165, 1.54) is 27.6 Å². The van der Waals surface area contributed by atoms with Crippen LogP contribution in [0.2, 0.25) is 0 Å². The van der Waals surface area contributed by atoms with E-state index in [1.54, 1.807) is 0 Å². The van der Waals surface area contributed by atoms with E-state index in [-0.39, 0.29) is 26.5 Å². The fraction of sp³-hybridized carbons (Fsp3) is 0.136. The molecule has 0 saturated carbocycles. The van der Waals surface area contributed by atoms with Gasteiger partial charge in [-0.15, -0.1) is 29.7 Å². The van der Waals surface area contributed by atoms with Gasteiger partial charge in [-0.05, 0) is 71.0 Å². The van der Waals surface area contributed by atoms with Crippen molar-refractivity contribution in [3.63, 3.8) is 0 Å². The average molecular weight is 830 g/mol. The third-order valence-corrected chi connectivity index (χ3v) is 9.66. The zero-order chi connectivity index (χ0) is 33.4. The molecule has 5 aromatic carbocycles. The van der Waals surface area contributed by atoms with E-state index in [2.05, 4.69) is 133 Å². The predicted octanol–water partition coefficient (Wildman–Crippen LogP) is 11.1. The fourth-order valence-electron chi connectivity index (χ4n) is 7.50. The van der Waals surface area contributed by atoms with Gasteiger partial charge in [-0.25, -0.2) is 4.98 Å². The number of pyridine rings is 2. The Morgan fingerprint density at radius 1 is 0.660 bits per heavy atom. The fourth-order valence-corrected chi connectivity index (χ4v) is 7.50. The summed E-state index contributed by atoms with van der Waals surface area (Å²) in [5.74, 6) is 2.05. The van der Waals surface area contributed by atoms with Crippen molar-refractivity contribution in [3.05, 3.63) is 144 Å². The maximum atomic E-state index is 6.59. The summed E-state index contributed by atoms with van der Waals surface area (Å²) in [6.07, 6.45) is 3.82. The number of nitrogens with zero attached hydrogens (tertiary/aromatic N) is 4. The number of benzene rings is 5. The topological polar surface area (TPSA) is 44.3 Å². The monoisotopic (exact) mass is 829 g/mol. The van der Waals surface area contributed by atoms with Crippen LogP contribution < -0.4 is 4.74 Å². The molecule has 0 atom stereocenters. The van der Waals surface area contributed by atoms with Gasteiger partial charge in [0, 0.05) is 40.5 Å². The molecular formula is C44H34N4OPt. The minimum Gasteiger partial charge on any atom is -0.503 e. The second-order valence-electron chi connectivity index (χ2n) is 13.9. The van der Waals surface area contributed by atoms with E-state index in [1.807, 2.05) is 42.7 Å². The molecule has 9 rings (SSSR count). The van der Waals surface area contributed by atoms with Crippen molar-refractivity contribution in [1.82, 2.24) is 18.9 Å². The largest absolute Gasteiger partial charge is 2.00 e. The molecule has 50 heavy (non-hydrogen) atoms. The standard InChI is InChI=1S/C44H34N4O.Pt/c1-27-12-10-13-28(2)41(27)39-26-46-43-34-24-29(20-22-33(34)42-35(44(3,4)5)15-11-17-37(42)48(39)43)49-30-19-21-32-31-14-6-7-16-36(31)47(38(32)25-30)40-18-8-9-23-45-40;/h6-23,26H,1-5H3;/q-2;+2. The predicted molar refractivity (Wildman–Crippen MR) is 200 cm³/mol. The molecule has 0 aliphatic carbocycles. The molecule has 0 aliphatic heterocycles. The Bertz CT molecular complexity index is 2730. The number of hydrogen-bond acceptors (Lipinski definition) is 3. The van der Waals surface area contributed by atoms with Gasteiger partial charge in [0.15, 0.2) is 0 Å². The van der Waals surface area contributed by atoms with Crippen molar-refractivity contribution in [1.29, 1.82) is 0 Å². The van der Waals surface area contributed by atoms with Gasteiger partial charge >= 0.3 is 21.1 Å². The van der Waals surface area contributed by atoms with Crippen molar-refractivity contribution in [3.8, 4) is 28.6 Å². The number of aromatic nitrogens is 4. The molecule has 0 unspecified atom stereocenters. The Balaban J connectivity index is 0.00000361. The van der Waals surface area contributed by atoms with Crippen molar-refractivity contribution in [2.24, 2.45) is 0 Å². The molecule has 0 N–H and O–H groups in total. The van der Waals surface area contributed by atoms with Crippen LogP contribution in [0.3, 0.4) is 0 Å². The first-order valence-electron chi connectivity index (χ1n) is 16.7. The first-order chi connectivity index (χ1) is 23.8. The smallest absolute Gasteiger partial charge is 0.503 e. The molecule has 0 amide bonds. The molecule has 0 spiro atoms. The van der Waals surface area contributed by atoms with Crippen molar-refractivity contribution < 1.29 is 25.8 Å². The number of aryl methyl sites for hydroxylation is 2. The summed E-state index contributed by atoms with van der Waals surface area (Å²) >= 11 is 0. The molecule has 246 valence electrons. The van der Waals surface area contributed by atoms with Gasteiger partial charge in [0.25, 0.3) is 0 Å². The van der Waals surface area contributed by atoms with E-state index in [9.17, 15) is 0 Å². The Hall–Kier alpha value is -5.25. The zero-order valence-corrected chi connectivity index (χ0v) is 30.8. The Morgan fingerprint density at radius 3 is 2.12 bits per heavy atom. The molecule has 0 bridgehead atoms. The Labute approximate surface area is 305 Å². The first kappa shape index (κ1) is 32.0. The van der Waals surface area contributed by atoms with Crippen LogP contribution in [0.4, 0.5) is 0 Å². The average Bonchev–Trinajstić information content (AvgIpc) is 3.68. The van der Waals surface area contributed by atoms with Crippen molar-refractivity contribution >= 4 is 49.1 Å². The number of imidazole rings is 1. The molecular weight excluding hydrogens is 796 g/mol. The van der Waals surface area contributed by atoms with Crippen LogP contribution in [-0.2, 0) is 26.5 Å². The van der Waals surface area contributed by atoms with Gasteiger partial charge in [-0.3, -0.25) is 4.98 Å². The molecule has 6 heteroatoms. The molecule has 0 fully saturated rings. The van der Waals surface area contributed by atoms with E-state index in [0.29, 0.717) is 11.5 Å². The normalized spacial score (nSPS) is 11.9. The zero-order valence-electron chi connectivity index (χ0n) is 28.5. The molecule has 0 saturated heterocycles. The number of fused-ring (bicyclic) bond motifs is 9. The van der Waals surface area contributed by atoms with Crippen molar-refractivity contribution in [2.75, 3.05) is 0 Å². The summed E-state index contributed by atoms with van der Waals surface area (Å²) in [5.41, 5.74) is 9.89. The number of rotatable bonds is 4. The Kier molecular flexibility index (Phi) is 7.65. The molecule has 0 aliphatic rings. The quantitative estimate of drug-likeness (QED) is 0.131. The molecule has 0 radical (unpaired) electrons. The van der Waals surface area contributed by atoms with Gasteiger partial charge in [0.2, 0.25) is 0 Å². The van der Waals surface area contributed by atoms with Crippen LogP contribution in [-0.4, -0.2) is 18.9 Å². The summed E-state index contributed by atoms with van der Waals surface area (Å²) in [6, 6.07) is 42.9. The molecule has 4 heterocycles. The van der Waals surface area contributed by atoms with Crippen LogP contribution in [0.25, 0.3) is 66.2 Å². The second-order valence-corrected chi connectivity index (χ2v) is 13.9. The van der Waals surface area contributed by atoms with Gasteiger partial charge in [0.1, 0.15) is 5.82 Å². The van der Waals surface area contributed by atoms with E-state index in [4.69, 9.17) is 9.72 Å². The summed E-state index contributed by atoms with van der Waals surface area (Å²) < 4.78 is 11.0. The van der Waals surface area contributed by atoms with Crippen LogP contribution in [0.5, 0.6) is 11.5 Å². The van der Waals surface area contributed by atoms with Crippen LogP contribution >= 0.6 is 0 Å². The van der Waals surface area contributed by atoms with Gasteiger partial charge in [0.05, 0.1) is 11.3 Å².